The average Bonchev–Trinajstić information content (AvgIpc) is 2.80. The van der Waals surface area contributed by atoms with Gasteiger partial charge in [-0.25, -0.2) is 0 Å². The molecule has 0 saturated carbocycles. The first-order valence-corrected chi connectivity index (χ1v) is 10.2. The third kappa shape index (κ3) is 4.20. The highest BCUT2D eigenvalue weighted by atomic mass is 16.5. The van der Waals surface area contributed by atoms with Gasteiger partial charge in [0, 0.05) is 12.1 Å². The molecule has 0 unspecified atom stereocenters. The lowest BCUT2D eigenvalue weighted by molar-refractivity contribution is -0.126. The second-order valence-corrected chi connectivity index (χ2v) is 7.17. The van der Waals surface area contributed by atoms with Gasteiger partial charge in [-0.05, 0) is 24.1 Å². The molecule has 2 N–H and O–H groups in total. The minimum absolute atomic E-state index is 0.191. The Morgan fingerprint density at radius 1 is 0.903 bits per heavy atom. The fourth-order valence-corrected chi connectivity index (χ4v) is 3.68. The van der Waals surface area contributed by atoms with Crippen LogP contribution in [0.25, 0.3) is 0 Å². The lowest BCUT2D eigenvalue weighted by Gasteiger charge is -2.45. The van der Waals surface area contributed by atoms with Crippen molar-refractivity contribution in [3.05, 3.63) is 35.9 Å². The quantitative estimate of drug-likeness (QED) is 0.457. The van der Waals surface area contributed by atoms with Gasteiger partial charge in [-0.3, -0.25) is 4.79 Å². The lowest BCUT2D eigenvalue weighted by atomic mass is 9.88. The van der Waals surface area contributed by atoms with Crippen LogP contribution in [0.4, 0.5) is 5.69 Å². The molecule has 1 aliphatic heterocycles. The van der Waals surface area contributed by atoms with Crippen molar-refractivity contribution in [1.29, 1.82) is 0 Å². The molecule has 1 amide bonds. The van der Waals surface area contributed by atoms with E-state index in [2.05, 4.69) is 6.92 Å². The Bertz CT molecular complexity index is 907. The monoisotopic (exact) mass is 430 g/mol. The Morgan fingerprint density at radius 3 is 2.10 bits per heavy atom. The molecule has 2 atom stereocenters. The minimum Gasteiger partial charge on any atom is -0.493 e. The van der Waals surface area contributed by atoms with E-state index in [1.807, 2.05) is 18.2 Å². The Labute approximate surface area is 182 Å². The first-order valence-electron chi connectivity index (χ1n) is 10.2. The van der Waals surface area contributed by atoms with Crippen molar-refractivity contribution >= 4 is 11.6 Å². The van der Waals surface area contributed by atoms with E-state index in [1.165, 1.54) is 21.3 Å². The van der Waals surface area contributed by atoms with Crippen LogP contribution in [-0.4, -0.2) is 47.0 Å². The van der Waals surface area contributed by atoms with E-state index in [4.69, 9.17) is 29.4 Å². The van der Waals surface area contributed by atoms with E-state index in [-0.39, 0.29) is 11.9 Å². The van der Waals surface area contributed by atoms with Crippen LogP contribution >= 0.6 is 0 Å². The number of rotatable bonds is 10. The fourth-order valence-electron chi connectivity index (χ4n) is 3.68. The molecule has 1 heterocycles. The van der Waals surface area contributed by atoms with Crippen LogP contribution in [-0.2, 0) is 4.79 Å². The van der Waals surface area contributed by atoms with E-state index in [0.29, 0.717) is 41.0 Å². The van der Waals surface area contributed by atoms with Crippen LogP contribution in [0, 0.1) is 0 Å². The molecule has 168 valence electrons. The maximum atomic E-state index is 12.8. The highest BCUT2D eigenvalue weighted by molar-refractivity contribution is 6.06. The Morgan fingerprint density at radius 2 is 1.55 bits per heavy atom. The largest absolute Gasteiger partial charge is 0.493 e. The smallest absolute Gasteiger partial charge is 0.247 e. The van der Waals surface area contributed by atoms with Gasteiger partial charge < -0.3 is 34.3 Å². The number of carbonyl (C=O) groups excluding carboxylic acids is 1. The van der Waals surface area contributed by atoms with E-state index in [9.17, 15) is 4.79 Å². The van der Waals surface area contributed by atoms with Crippen LogP contribution in [0.2, 0.25) is 0 Å². The van der Waals surface area contributed by atoms with Crippen LogP contribution in [0.5, 0.6) is 28.7 Å². The SMILES string of the molecule is CCCCOc1cc([C@H]2[C@H](N)C(=O)N2c2cc(OC)c(OC)c(OC)c2)ccc1OC. The van der Waals surface area contributed by atoms with Crippen LogP contribution in [0.15, 0.2) is 30.3 Å². The summed E-state index contributed by atoms with van der Waals surface area (Å²) in [6, 6.07) is 8.05. The van der Waals surface area contributed by atoms with Gasteiger partial charge in [0.15, 0.2) is 23.0 Å². The maximum Gasteiger partial charge on any atom is 0.247 e. The molecule has 0 spiro atoms. The number of nitrogens with two attached hydrogens (primary N) is 1. The van der Waals surface area contributed by atoms with E-state index < -0.39 is 6.04 Å². The maximum absolute atomic E-state index is 12.8. The zero-order valence-corrected chi connectivity index (χ0v) is 18.6. The summed E-state index contributed by atoms with van der Waals surface area (Å²) in [5.74, 6) is 2.45. The average molecular weight is 431 g/mol. The molecule has 2 aromatic carbocycles. The van der Waals surface area contributed by atoms with Gasteiger partial charge in [0.25, 0.3) is 0 Å². The van der Waals surface area contributed by atoms with E-state index in [1.54, 1.807) is 24.1 Å². The summed E-state index contributed by atoms with van der Waals surface area (Å²) in [5.41, 5.74) is 7.68. The van der Waals surface area contributed by atoms with Crippen molar-refractivity contribution in [3.63, 3.8) is 0 Å². The van der Waals surface area contributed by atoms with Crippen molar-refractivity contribution in [1.82, 2.24) is 0 Å². The van der Waals surface area contributed by atoms with Gasteiger partial charge in [-0.15, -0.1) is 0 Å². The fraction of sp³-hybridized carbons (Fsp3) is 0.435. The second kappa shape index (κ2) is 9.78. The highest BCUT2D eigenvalue weighted by Gasteiger charge is 2.47. The number of unbranched alkanes of at least 4 members (excludes halogenated alkanes) is 1. The van der Waals surface area contributed by atoms with Crippen LogP contribution < -0.4 is 34.3 Å². The summed E-state index contributed by atoms with van der Waals surface area (Å²) in [6.07, 6.45) is 1.96. The zero-order chi connectivity index (χ0) is 22.5. The van der Waals surface area contributed by atoms with Crippen molar-refractivity contribution in [3.8, 4) is 28.7 Å². The highest BCUT2D eigenvalue weighted by Crippen LogP contribution is 2.46. The number of anilines is 1. The molecule has 1 aliphatic rings. The zero-order valence-electron chi connectivity index (χ0n) is 18.6. The standard InChI is InChI=1S/C23H30N2O6/c1-6-7-10-31-17-11-14(8-9-16(17)27-2)21-20(24)23(26)25(21)15-12-18(28-3)22(30-5)19(13-15)29-4/h8-9,11-13,20-21H,6-7,10,24H2,1-5H3/t20-,21-/m0/s1. The van der Waals surface area contributed by atoms with Crippen LogP contribution in [0.1, 0.15) is 31.4 Å². The molecule has 8 heteroatoms. The molecule has 31 heavy (non-hydrogen) atoms. The molecule has 1 saturated heterocycles. The minimum atomic E-state index is -0.670. The number of benzene rings is 2. The first kappa shape index (κ1) is 22.6. The molecule has 0 aliphatic carbocycles. The molecular weight excluding hydrogens is 400 g/mol. The summed E-state index contributed by atoms with van der Waals surface area (Å²) in [7, 11) is 6.20. The van der Waals surface area contributed by atoms with Gasteiger partial charge in [-0.1, -0.05) is 19.4 Å². The molecular formula is C23H30N2O6. The summed E-state index contributed by atoms with van der Waals surface area (Å²) >= 11 is 0. The third-order valence-electron chi connectivity index (χ3n) is 5.35. The number of hydrogen-bond acceptors (Lipinski definition) is 7. The molecule has 0 radical (unpaired) electrons. The molecule has 1 fully saturated rings. The predicted octanol–water partition coefficient (Wildman–Crippen LogP) is 3.32. The number of β-lactam (4-membered cyclic amide) rings is 1. The lowest BCUT2D eigenvalue weighted by Crippen LogP contribution is -2.63. The number of nitrogens with zero attached hydrogens (tertiary/aromatic N) is 1. The Hall–Kier alpha value is -3.13. The second-order valence-electron chi connectivity index (χ2n) is 7.17. The number of amides is 1. The summed E-state index contributed by atoms with van der Waals surface area (Å²) in [4.78, 5) is 14.4. The molecule has 2 aromatic rings. The summed E-state index contributed by atoms with van der Waals surface area (Å²) in [6.45, 7) is 2.69. The Kier molecular flexibility index (Phi) is 7.12. The van der Waals surface area contributed by atoms with E-state index >= 15 is 0 Å². The number of ether oxygens (including phenoxy) is 5. The molecule has 3 rings (SSSR count). The van der Waals surface area contributed by atoms with E-state index in [0.717, 1.165) is 18.4 Å². The third-order valence-corrected chi connectivity index (χ3v) is 5.35. The topological polar surface area (TPSA) is 92.5 Å². The molecule has 8 nitrogen and oxygen atoms in total. The van der Waals surface area contributed by atoms with Crippen molar-refractivity contribution in [2.24, 2.45) is 5.73 Å². The molecule has 0 aromatic heterocycles. The van der Waals surface area contributed by atoms with Gasteiger partial charge in [-0.2, -0.15) is 0 Å². The van der Waals surface area contributed by atoms with Crippen molar-refractivity contribution in [2.45, 2.75) is 31.8 Å². The normalized spacial score (nSPS) is 17.7. The predicted molar refractivity (Wildman–Crippen MR) is 118 cm³/mol. The van der Waals surface area contributed by atoms with Crippen molar-refractivity contribution in [2.75, 3.05) is 39.9 Å². The van der Waals surface area contributed by atoms with Gasteiger partial charge in [0.05, 0.1) is 46.8 Å². The van der Waals surface area contributed by atoms with Crippen molar-refractivity contribution < 1.29 is 28.5 Å². The van der Waals surface area contributed by atoms with Gasteiger partial charge in [0.2, 0.25) is 11.7 Å². The molecule has 0 bridgehead atoms. The van der Waals surface area contributed by atoms with Crippen LogP contribution in [0.3, 0.4) is 0 Å². The number of methoxy groups -OCH3 is 4. The first-order chi connectivity index (χ1) is 15.0. The van der Waals surface area contributed by atoms with Gasteiger partial charge in [0.1, 0.15) is 6.04 Å². The number of hydrogen-bond donors (Lipinski definition) is 1. The summed E-state index contributed by atoms with van der Waals surface area (Å²) < 4.78 is 27.6. The Balaban J connectivity index is 1.99. The van der Waals surface area contributed by atoms with Gasteiger partial charge >= 0.3 is 0 Å². The number of carbonyl (C=O) groups is 1. The summed E-state index contributed by atoms with van der Waals surface area (Å²) in [5, 5.41) is 0.